The van der Waals surface area contributed by atoms with E-state index in [9.17, 15) is 9.18 Å². The van der Waals surface area contributed by atoms with E-state index in [1.165, 1.54) is 23.3 Å². The second-order valence-electron chi connectivity index (χ2n) is 9.19. The van der Waals surface area contributed by atoms with E-state index in [2.05, 4.69) is 28.6 Å². The zero-order chi connectivity index (χ0) is 23.7. The van der Waals surface area contributed by atoms with E-state index < -0.39 is 0 Å². The molecule has 5 rings (SSSR count). The molecule has 0 spiro atoms. The highest BCUT2D eigenvalue weighted by Gasteiger charge is 2.27. The van der Waals surface area contributed by atoms with Crippen LogP contribution in [0.5, 0.6) is 0 Å². The Morgan fingerprint density at radius 2 is 1.85 bits per heavy atom. The predicted octanol–water partition coefficient (Wildman–Crippen LogP) is 5.63. The molecular weight excluding hydrogens is 427 g/mol. The maximum Gasteiger partial charge on any atom is 0.228 e. The molecule has 1 fully saturated rings. The first-order chi connectivity index (χ1) is 16.5. The average molecular weight is 457 g/mol. The van der Waals surface area contributed by atoms with Crippen LogP contribution in [0.4, 0.5) is 10.1 Å². The number of para-hydroxylation sites is 2. The third-order valence-electron chi connectivity index (χ3n) is 6.73. The summed E-state index contributed by atoms with van der Waals surface area (Å²) < 4.78 is 15.7. The van der Waals surface area contributed by atoms with Gasteiger partial charge < -0.3 is 5.32 Å². The number of rotatable bonds is 5. The van der Waals surface area contributed by atoms with Crippen molar-refractivity contribution < 1.29 is 9.18 Å². The van der Waals surface area contributed by atoms with Gasteiger partial charge in [-0.2, -0.15) is 0 Å². The highest BCUT2D eigenvalue weighted by molar-refractivity contribution is 5.92. The molecule has 1 atom stereocenters. The molecule has 174 valence electrons. The second kappa shape index (κ2) is 9.39. The Labute approximate surface area is 199 Å². The maximum atomic E-state index is 13.6. The van der Waals surface area contributed by atoms with E-state index in [1.54, 1.807) is 12.1 Å². The van der Waals surface area contributed by atoms with Crippen molar-refractivity contribution in [3.05, 3.63) is 89.5 Å². The summed E-state index contributed by atoms with van der Waals surface area (Å²) in [6.45, 7) is 6.35. The van der Waals surface area contributed by atoms with Crippen LogP contribution in [0.3, 0.4) is 0 Å². The van der Waals surface area contributed by atoms with Crippen LogP contribution in [0.15, 0.2) is 66.7 Å². The molecule has 6 heteroatoms. The van der Waals surface area contributed by atoms with E-state index in [-0.39, 0.29) is 17.6 Å². The topological polar surface area (TPSA) is 50.2 Å². The summed E-state index contributed by atoms with van der Waals surface area (Å²) in [7, 11) is 0. The van der Waals surface area contributed by atoms with Gasteiger partial charge in [0.05, 0.1) is 23.5 Å². The lowest BCUT2D eigenvalue weighted by atomic mass is 9.97. The third-order valence-corrected chi connectivity index (χ3v) is 6.73. The molecule has 34 heavy (non-hydrogen) atoms. The quantitative estimate of drug-likeness (QED) is 0.423. The fraction of sp³-hybridized carbons (Fsp3) is 0.286. The summed E-state index contributed by atoms with van der Waals surface area (Å²) >= 11 is 0. The highest BCUT2D eigenvalue weighted by atomic mass is 19.1. The first-order valence-corrected chi connectivity index (χ1v) is 11.8. The first kappa shape index (κ1) is 22.3. The van der Waals surface area contributed by atoms with Gasteiger partial charge in [0, 0.05) is 17.9 Å². The van der Waals surface area contributed by atoms with Crippen LogP contribution in [0.2, 0.25) is 0 Å². The Hall–Kier alpha value is -3.51. The molecular formula is C28H29FN4O. The number of anilines is 1. The molecule has 1 amide bonds. The van der Waals surface area contributed by atoms with Crippen LogP contribution in [0.1, 0.15) is 29.8 Å². The summed E-state index contributed by atoms with van der Waals surface area (Å²) in [6.07, 6.45) is 1.84. The number of nitrogens with one attached hydrogen (secondary N) is 1. The standard InChI is InChI=1S/C28H29FN4O/c1-19-9-12-23(16-20(19)2)30-28(34)21-6-5-15-32(17-21)18-27-31-25-7-3-4-8-26(25)33(27)24-13-10-22(29)11-14-24/h3-4,7-14,16,21H,5-6,15,17-18H2,1-2H3,(H,30,34)/t21-/m0/s1. The van der Waals surface area contributed by atoms with Crippen LogP contribution >= 0.6 is 0 Å². The monoisotopic (exact) mass is 456 g/mol. The molecule has 0 saturated carbocycles. The van der Waals surface area contributed by atoms with Crippen LogP contribution in [-0.4, -0.2) is 33.4 Å². The number of halogens is 1. The van der Waals surface area contributed by atoms with Gasteiger partial charge in [0.15, 0.2) is 0 Å². The number of benzene rings is 3. The molecule has 1 saturated heterocycles. The van der Waals surface area contributed by atoms with Gasteiger partial charge >= 0.3 is 0 Å². The van der Waals surface area contributed by atoms with Gasteiger partial charge in [0.1, 0.15) is 11.6 Å². The van der Waals surface area contributed by atoms with Crippen LogP contribution < -0.4 is 5.32 Å². The maximum absolute atomic E-state index is 13.6. The summed E-state index contributed by atoms with van der Waals surface area (Å²) in [5.41, 5.74) is 6.01. The Kier molecular flexibility index (Phi) is 6.16. The molecule has 4 aromatic rings. The number of carbonyl (C=O) groups excluding carboxylic acids is 1. The molecule has 5 nitrogen and oxygen atoms in total. The number of piperidine rings is 1. The Morgan fingerprint density at radius 1 is 1.06 bits per heavy atom. The molecule has 2 heterocycles. The Balaban J connectivity index is 1.35. The number of carbonyl (C=O) groups is 1. The Morgan fingerprint density at radius 3 is 2.65 bits per heavy atom. The van der Waals surface area contributed by atoms with Crippen molar-refractivity contribution in [1.29, 1.82) is 0 Å². The minimum absolute atomic E-state index is 0.0694. The summed E-state index contributed by atoms with van der Waals surface area (Å²) in [5.74, 6) is 0.630. The van der Waals surface area contributed by atoms with E-state index in [1.807, 2.05) is 42.5 Å². The lowest BCUT2D eigenvalue weighted by molar-refractivity contribution is -0.121. The number of nitrogens with zero attached hydrogens (tertiary/aromatic N) is 3. The van der Waals surface area contributed by atoms with Gasteiger partial charge in [0.25, 0.3) is 0 Å². The van der Waals surface area contributed by atoms with Crippen molar-refractivity contribution in [1.82, 2.24) is 14.5 Å². The van der Waals surface area contributed by atoms with E-state index in [0.29, 0.717) is 13.1 Å². The number of aromatic nitrogens is 2. The van der Waals surface area contributed by atoms with Gasteiger partial charge in [-0.05, 0) is 92.9 Å². The van der Waals surface area contributed by atoms with Crippen molar-refractivity contribution >= 4 is 22.6 Å². The average Bonchev–Trinajstić information content (AvgIpc) is 3.20. The van der Waals surface area contributed by atoms with Crippen molar-refractivity contribution in [3.63, 3.8) is 0 Å². The van der Waals surface area contributed by atoms with Gasteiger partial charge in [0.2, 0.25) is 5.91 Å². The van der Waals surface area contributed by atoms with Gasteiger partial charge in [-0.15, -0.1) is 0 Å². The van der Waals surface area contributed by atoms with Crippen molar-refractivity contribution in [2.45, 2.75) is 33.2 Å². The number of aryl methyl sites for hydroxylation is 2. The lowest BCUT2D eigenvalue weighted by Crippen LogP contribution is -2.40. The summed E-state index contributed by atoms with van der Waals surface area (Å²) in [4.78, 5) is 20.2. The molecule has 0 aliphatic carbocycles. The first-order valence-electron chi connectivity index (χ1n) is 11.8. The Bertz CT molecular complexity index is 1330. The van der Waals surface area contributed by atoms with Gasteiger partial charge in [-0.3, -0.25) is 14.3 Å². The zero-order valence-corrected chi connectivity index (χ0v) is 19.6. The lowest BCUT2D eigenvalue weighted by Gasteiger charge is -2.31. The van der Waals surface area contributed by atoms with Crippen LogP contribution in [0, 0.1) is 25.6 Å². The summed E-state index contributed by atoms with van der Waals surface area (Å²) in [6, 6.07) is 20.5. The van der Waals surface area contributed by atoms with Crippen molar-refractivity contribution in [3.8, 4) is 5.69 Å². The minimum atomic E-state index is -0.261. The van der Waals surface area contributed by atoms with Crippen LogP contribution in [0.25, 0.3) is 16.7 Å². The molecule has 1 aromatic heterocycles. The number of hydrogen-bond acceptors (Lipinski definition) is 3. The van der Waals surface area contributed by atoms with Crippen LogP contribution in [-0.2, 0) is 11.3 Å². The number of hydrogen-bond donors (Lipinski definition) is 1. The molecule has 1 aliphatic rings. The molecule has 1 aliphatic heterocycles. The predicted molar refractivity (Wildman–Crippen MR) is 134 cm³/mol. The van der Waals surface area contributed by atoms with Gasteiger partial charge in [-0.25, -0.2) is 9.37 Å². The van der Waals surface area contributed by atoms with Crippen molar-refractivity contribution in [2.75, 3.05) is 18.4 Å². The molecule has 0 bridgehead atoms. The number of amides is 1. The van der Waals surface area contributed by atoms with Gasteiger partial charge in [-0.1, -0.05) is 18.2 Å². The smallest absolute Gasteiger partial charge is 0.228 e. The SMILES string of the molecule is Cc1ccc(NC(=O)[C@H]2CCCN(Cc3nc4ccccc4n3-c3ccc(F)cc3)C2)cc1C. The molecule has 1 N–H and O–H groups in total. The largest absolute Gasteiger partial charge is 0.326 e. The second-order valence-corrected chi connectivity index (χ2v) is 9.19. The van der Waals surface area contributed by atoms with E-state index in [4.69, 9.17) is 4.98 Å². The number of imidazole rings is 1. The van der Waals surface area contributed by atoms with E-state index in [0.717, 1.165) is 47.6 Å². The molecule has 3 aromatic carbocycles. The molecule has 0 unspecified atom stereocenters. The normalized spacial score (nSPS) is 16.6. The number of likely N-dealkylation sites (tertiary alicyclic amines) is 1. The number of fused-ring (bicyclic) bond motifs is 1. The van der Waals surface area contributed by atoms with Crippen molar-refractivity contribution in [2.24, 2.45) is 5.92 Å². The zero-order valence-electron chi connectivity index (χ0n) is 19.6. The highest BCUT2D eigenvalue weighted by Crippen LogP contribution is 2.26. The fourth-order valence-electron chi connectivity index (χ4n) is 4.74. The minimum Gasteiger partial charge on any atom is -0.326 e. The fourth-order valence-corrected chi connectivity index (χ4v) is 4.74. The third kappa shape index (κ3) is 4.59. The van der Waals surface area contributed by atoms with E-state index >= 15 is 0 Å². The summed E-state index contributed by atoms with van der Waals surface area (Å²) in [5, 5.41) is 3.11. The molecule has 0 radical (unpaired) electrons.